The molecule has 0 saturated heterocycles. The fraction of sp³-hybridized carbons (Fsp3) is 0.533. The van der Waals surface area contributed by atoms with Crippen molar-refractivity contribution in [3.63, 3.8) is 0 Å². The average molecular weight is 265 g/mol. The summed E-state index contributed by atoms with van der Waals surface area (Å²) in [5.41, 5.74) is -0.126. The van der Waals surface area contributed by atoms with Gasteiger partial charge in [-0.2, -0.15) is 0 Å². The van der Waals surface area contributed by atoms with E-state index >= 15 is 0 Å². The SMILES string of the molecule is O=C(c1cc(F)ccc1F)N(C1CCCC1)C1CC1. The van der Waals surface area contributed by atoms with Crippen LogP contribution in [0.15, 0.2) is 18.2 Å². The van der Waals surface area contributed by atoms with E-state index in [1.165, 1.54) is 0 Å². The van der Waals surface area contributed by atoms with E-state index < -0.39 is 11.6 Å². The van der Waals surface area contributed by atoms with Crippen LogP contribution >= 0.6 is 0 Å². The maximum Gasteiger partial charge on any atom is 0.257 e. The molecule has 0 atom stereocenters. The third-order valence-electron chi connectivity index (χ3n) is 4.05. The molecular formula is C15H17F2NO. The van der Waals surface area contributed by atoms with E-state index in [1.807, 2.05) is 4.90 Å². The van der Waals surface area contributed by atoms with Crippen molar-refractivity contribution in [1.82, 2.24) is 4.90 Å². The van der Waals surface area contributed by atoms with E-state index in [1.54, 1.807) is 0 Å². The number of amides is 1. The predicted octanol–water partition coefficient (Wildman–Crippen LogP) is 3.51. The first-order valence-electron chi connectivity index (χ1n) is 6.94. The fourth-order valence-corrected chi connectivity index (χ4v) is 2.97. The molecule has 0 aromatic heterocycles. The second kappa shape index (κ2) is 4.91. The Labute approximate surface area is 111 Å². The zero-order valence-electron chi connectivity index (χ0n) is 10.7. The van der Waals surface area contributed by atoms with Crippen LogP contribution in [-0.2, 0) is 0 Å². The Hall–Kier alpha value is -1.45. The topological polar surface area (TPSA) is 20.3 Å². The standard InChI is InChI=1S/C15H17F2NO/c16-10-5-8-14(17)13(9-10)15(19)18(12-6-7-12)11-3-1-2-4-11/h5,8-9,11-12H,1-4,6-7H2. The molecule has 3 rings (SSSR count). The molecule has 4 heteroatoms. The number of halogens is 2. The fourth-order valence-electron chi connectivity index (χ4n) is 2.97. The molecule has 0 heterocycles. The number of benzene rings is 1. The van der Waals surface area contributed by atoms with Gasteiger partial charge in [0.05, 0.1) is 5.56 Å². The Morgan fingerprint density at radius 1 is 1.05 bits per heavy atom. The summed E-state index contributed by atoms with van der Waals surface area (Å²) in [7, 11) is 0. The summed E-state index contributed by atoms with van der Waals surface area (Å²) >= 11 is 0. The monoisotopic (exact) mass is 265 g/mol. The maximum absolute atomic E-state index is 13.7. The lowest BCUT2D eigenvalue weighted by Gasteiger charge is -2.29. The molecule has 1 amide bonds. The van der Waals surface area contributed by atoms with Gasteiger partial charge in [-0.1, -0.05) is 12.8 Å². The van der Waals surface area contributed by atoms with Gasteiger partial charge in [-0.05, 0) is 43.9 Å². The van der Waals surface area contributed by atoms with Gasteiger partial charge in [0.2, 0.25) is 0 Å². The van der Waals surface area contributed by atoms with Crippen LogP contribution < -0.4 is 0 Å². The minimum atomic E-state index is -0.630. The molecule has 19 heavy (non-hydrogen) atoms. The Balaban J connectivity index is 1.89. The van der Waals surface area contributed by atoms with Gasteiger partial charge in [-0.3, -0.25) is 4.79 Å². The molecule has 2 saturated carbocycles. The summed E-state index contributed by atoms with van der Waals surface area (Å²) in [5, 5.41) is 0. The number of nitrogens with zero attached hydrogens (tertiary/aromatic N) is 1. The Bertz CT molecular complexity index is 493. The summed E-state index contributed by atoms with van der Waals surface area (Å²) < 4.78 is 27.0. The molecule has 0 bridgehead atoms. The van der Waals surface area contributed by atoms with E-state index in [-0.39, 0.29) is 23.6 Å². The minimum absolute atomic E-state index is 0.126. The first kappa shape index (κ1) is 12.6. The van der Waals surface area contributed by atoms with Crippen molar-refractivity contribution < 1.29 is 13.6 Å². The highest BCUT2D eigenvalue weighted by Crippen LogP contribution is 2.35. The van der Waals surface area contributed by atoms with Crippen LogP contribution in [0.5, 0.6) is 0 Å². The Morgan fingerprint density at radius 3 is 2.32 bits per heavy atom. The minimum Gasteiger partial charge on any atom is -0.333 e. The molecule has 0 unspecified atom stereocenters. The van der Waals surface area contributed by atoms with Crippen LogP contribution in [0.4, 0.5) is 8.78 Å². The van der Waals surface area contributed by atoms with Crippen molar-refractivity contribution in [2.24, 2.45) is 0 Å². The number of hydrogen-bond donors (Lipinski definition) is 0. The predicted molar refractivity (Wildman–Crippen MR) is 67.8 cm³/mol. The van der Waals surface area contributed by atoms with E-state index in [4.69, 9.17) is 0 Å². The van der Waals surface area contributed by atoms with Crippen LogP contribution in [0.3, 0.4) is 0 Å². The van der Waals surface area contributed by atoms with Crippen molar-refractivity contribution in [3.05, 3.63) is 35.4 Å². The van der Waals surface area contributed by atoms with Crippen molar-refractivity contribution in [3.8, 4) is 0 Å². The third kappa shape index (κ3) is 2.48. The van der Waals surface area contributed by atoms with E-state index in [0.29, 0.717) is 0 Å². The van der Waals surface area contributed by atoms with Crippen molar-refractivity contribution in [1.29, 1.82) is 0 Å². The molecule has 102 valence electrons. The molecule has 2 aliphatic rings. The molecular weight excluding hydrogens is 248 g/mol. The highest BCUT2D eigenvalue weighted by Gasteiger charge is 2.39. The van der Waals surface area contributed by atoms with Gasteiger partial charge in [-0.15, -0.1) is 0 Å². The van der Waals surface area contributed by atoms with Gasteiger partial charge < -0.3 is 4.90 Å². The molecule has 0 spiro atoms. The summed E-state index contributed by atoms with van der Waals surface area (Å²) in [6.45, 7) is 0. The zero-order valence-corrected chi connectivity index (χ0v) is 10.7. The van der Waals surface area contributed by atoms with Crippen LogP contribution in [0.2, 0.25) is 0 Å². The van der Waals surface area contributed by atoms with E-state index in [2.05, 4.69) is 0 Å². The van der Waals surface area contributed by atoms with E-state index in [9.17, 15) is 13.6 Å². The normalized spacial score (nSPS) is 19.7. The van der Waals surface area contributed by atoms with E-state index in [0.717, 1.165) is 56.7 Å². The molecule has 0 radical (unpaired) electrons. The quantitative estimate of drug-likeness (QED) is 0.819. The lowest BCUT2D eigenvalue weighted by atomic mass is 10.1. The lowest BCUT2D eigenvalue weighted by Crippen LogP contribution is -2.41. The molecule has 2 aliphatic carbocycles. The van der Waals surface area contributed by atoms with Gasteiger partial charge >= 0.3 is 0 Å². The first-order valence-corrected chi connectivity index (χ1v) is 6.94. The summed E-state index contributed by atoms with van der Waals surface area (Å²) in [5.74, 6) is -1.53. The van der Waals surface area contributed by atoms with Crippen molar-refractivity contribution >= 4 is 5.91 Å². The Kier molecular flexibility index (Phi) is 3.25. The van der Waals surface area contributed by atoms with Gasteiger partial charge in [-0.25, -0.2) is 8.78 Å². The van der Waals surface area contributed by atoms with Crippen LogP contribution in [0.25, 0.3) is 0 Å². The number of carbonyl (C=O) groups excluding carboxylic acids is 1. The van der Waals surface area contributed by atoms with Gasteiger partial charge in [0.25, 0.3) is 5.91 Å². The van der Waals surface area contributed by atoms with Crippen LogP contribution in [0, 0.1) is 11.6 Å². The van der Waals surface area contributed by atoms with Gasteiger partial charge in [0.15, 0.2) is 0 Å². The number of rotatable bonds is 3. The highest BCUT2D eigenvalue weighted by molar-refractivity contribution is 5.95. The summed E-state index contributed by atoms with van der Waals surface area (Å²) in [6.07, 6.45) is 6.18. The zero-order chi connectivity index (χ0) is 13.4. The van der Waals surface area contributed by atoms with Crippen molar-refractivity contribution in [2.75, 3.05) is 0 Å². The van der Waals surface area contributed by atoms with Crippen LogP contribution in [-0.4, -0.2) is 22.9 Å². The summed E-state index contributed by atoms with van der Waals surface area (Å²) in [6, 6.07) is 3.54. The molecule has 1 aromatic rings. The molecule has 2 fully saturated rings. The molecule has 0 N–H and O–H groups in total. The second-order valence-electron chi connectivity index (χ2n) is 5.51. The highest BCUT2D eigenvalue weighted by atomic mass is 19.1. The molecule has 0 aliphatic heterocycles. The Morgan fingerprint density at radius 2 is 1.68 bits per heavy atom. The number of carbonyl (C=O) groups is 1. The molecule has 2 nitrogen and oxygen atoms in total. The largest absolute Gasteiger partial charge is 0.333 e. The average Bonchev–Trinajstić information content (AvgIpc) is 3.07. The van der Waals surface area contributed by atoms with Gasteiger partial charge in [0.1, 0.15) is 11.6 Å². The third-order valence-corrected chi connectivity index (χ3v) is 4.05. The van der Waals surface area contributed by atoms with Crippen LogP contribution in [0.1, 0.15) is 48.9 Å². The maximum atomic E-state index is 13.7. The molecule has 1 aromatic carbocycles. The second-order valence-corrected chi connectivity index (χ2v) is 5.51. The van der Waals surface area contributed by atoms with Crippen molar-refractivity contribution in [2.45, 2.75) is 50.6 Å². The summed E-state index contributed by atoms with van der Waals surface area (Å²) in [4.78, 5) is 14.3. The lowest BCUT2D eigenvalue weighted by molar-refractivity contribution is 0.0659. The van der Waals surface area contributed by atoms with Gasteiger partial charge in [0, 0.05) is 12.1 Å². The smallest absolute Gasteiger partial charge is 0.257 e. The number of hydrogen-bond acceptors (Lipinski definition) is 1. The first-order chi connectivity index (χ1) is 9.16.